The number of pyridine rings is 3. The topological polar surface area (TPSA) is 77.3 Å². The summed E-state index contributed by atoms with van der Waals surface area (Å²) in [6, 6.07) is 75.6. The van der Waals surface area contributed by atoms with Crippen LogP contribution in [0.25, 0.3) is 123 Å². The molecule has 0 aliphatic heterocycles. The van der Waals surface area contributed by atoms with Gasteiger partial charge in [0.2, 0.25) is 0 Å². The summed E-state index contributed by atoms with van der Waals surface area (Å²) >= 11 is 0. The van der Waals surface area contributed by atoms with E-state index < -0.39 is 0 Å². The fourth-order valence-corrected chi connectivity index (χ4v) is 8.89. The Hall–Kier alpha value is -9.00. The molecule has 12 rings (SSSR count). The third-order valence-electron chi connectivity index (χ3n) is 12.2. The van der Waals surface area contributed by atoms with Gasteiger partial charge in [-0.1, -0.05) is 182 Å². The van der Waals surface area contributed by atoms with Gasteiger partial charge in [-0.15, -0.1) is 0 Å². The molecule has 0 radical (unpaired) electrons. The van der Waals surface area contributed by atoms with E-state index in [1.54, 1.807) is 0 Å². The van der Waals surface area contributed by atoms with E-state index in [0.717, 1.165) is 105 Å². The van der Waals surface area contributed by atoms with Crippen molar-refractivity contribution in [2.45, 2.75) is 0 Å². The van der Waals surface area contributed by atoms with Gasteiger partial charge in [-0.05, 0) is 75.2 Å². The lowest BCUT2D eigenvalue weighted by Gasteiger charge is -2.14. The largest absolute Gasteiger partial charge is 0.264 e. The average molecular weight is 843 g/mol. The van der Waals surface area contributed by atoms with Crippen LogP contribution in [0.15, 0.2) is 231 Å². The number of rotatable bonds is 8. The van der Waals surface area contributed by atoms with E-state index >= 15 is 0 Å². The molecule has 0 saturated carbocycles. The van der Waals surface area contributed by atoms with Crippen LogP contribution < -0.4 is 0 Å². The van der Waals surface area contributed by atoms with Crippen LogP contribution in [-0.4, -0.2) is 29.9 Å². The summed E-state index contributed by atoms with van der Waals surface area (Å²) in [6.07, 6.45) is 3.74. The van der Waals surface area contributed by atoms with Crippen molar-refractivity contribution in [1.82, 2.24) is 29.9 Å². The van der Waals surface area contributed by atoms with E-state index in [1.165, 1.54) is 0 Å². The lowest BCUT2D eigenvalue weighted by molar-refractivity contribution is 1.07. The third kappa shape index (κ3) is 7.32. The summed E-state index contributed by atoms with van der Waals surface area (Å²) in [5.41, 5.74) is 14.8. The maximum atomic E-state index is 5.42. The van der Waals surface area contributed by atoms with Crippen molar-refractivity contribution in [1.29, 1.82) is 0 Å². The molecular weight excluding hydrogens is 805 g/mol. The van der Waals surface area contributed by atoms with E-state index in [0.29, 0.717) is 17.5 Å². The second-order valence-corrected chi connectivity index (χ2v) is 16.3. The Morgan fingerprint density at radius 1 is 0.258 bits per heavy atom. The number of nitrogens with zero attached hydrogens (tertiary/aromatic N) is 6. The number of aromatic nitrogens is 6. The molecule has 0 atom stereocenters. The van der Waals surface area contributed by atoms with Gasteiger partial charge in [0.1, 0.15) is 0 Å². The summed E-state index contributed by atoms with van der Waals surface area (Å²) < 4.78 is 0. The van der Waals surface area contributed by atoms with Crippen LogP contribution in [0.4, 0.5) is 0 Å². The van der Waals surface area contributed by atoms with Gasteiger partial charge in [-0.25, -0.2) is 24.9 Å². The maximum absolute atomic E-state index is 5.42. The quantitative estimate of drug-likeness (QED) is 0.142. The Morgan fingerprint density at radius 3 is 1.50 bits per heavy atom. The van der Waals surface area contributed by atoms with Gasteiger partial charge in [0.25, 0.3) is 0 Å². The van der Waals surface area contributed by atoms with Gasteiger partial charge in [0, 0.05) is 56.4 Å². The lowest BCUT2D eigenvalue weighted by Crippen LogP contribution is -2.00. The van der Waals surface area contributed by atoms with Crippen molar-refractivity contribution < 1.29 is 0 Å². The van der Waals surface area contributed by atoms with Crippen molar-refractivity contribution in [3.8, 4) is 90.1 Å². The Morgan fingerprint density at radius 2 is 0.788 bits per heavy atom. The second-order valence-electron chi connectivity index (χ2n) is 16.3. The van der Waals surface area contributed by atoms with E-state index in [-0.39, 0.29) is 0 Å². The second kappa shape index (κ2) is 16.6. The fraction of sp³-hybridized carbons (Fsp3) is 0. The van der Waals surface area contributed by atoms with Crippen molar-refractivity contribution >= 4 is 32.6 Å². The van der Waals surface area contributed by atoms with Crippen LogP contribution in [0.3, 0.4) is 0 Å². The summed E-state index contributed by atoms with van der Waals surface area (Å²) in [5, 5.41) is 4.34. The molecule has 0 fully saturated rings. The fourth-order valence-electron chi connectivity index (χ4n) is 8.89. The molecule has 6 heteroatoms. The molecule has 0 aliphatic rings. The van der Waals surface area contributed by atoms with Crippen LogP contribution in [0, 0.1) is 0 Å². The summed E-state index contributed by atoms with van der Waals surface area (Å²) in [4.78, 5) is 30.3. The van der Waals surface area contributed by atoms with Gasteiger partial charge in [0.15, 0.2) is 17.5 Å². The first kappa shape index (κ1) is 38.7. The van der Waals surface area contributed by atoms with Gasteiger partial charge in [0.05, 0.1) is 22.4 Å². The van der Waals surface area contributed by atoms with Crippen molar-refractivity contribution in [3.05, 3.63) is 231 Å². The number of benzene rings is 8. The van der Waals surface area contributed by atoms with Crippen molar-refractivity contribution in [2.75, 3.05) is 0 Å². The monoisotopic (exact) mass is 842 g/mol. The smallest absolute Gasteiger partial charge is 0.164 e. The summed E-state index contributed by atoms with van der Waals surface area (Å²) in [5.74, 6) is 1.81. The molecule has 308 valence electrons. The van der Waals surface area contributed by atoms with Crippen LogP contribution in [-0.2, 0) is 0 Å². The first-order chi connectivity index (χ1) is 32.7. The molecule has 4 aromatic heterocycles. The van der Waals surface area contributed by atoms with E-state index in [1.807, 2.05) is 60.9 Å². The Balaban J connectivity index is 0.963. The Kier molecular flexibility index (Phi) is 9.73. The third-order valence-corrected chi connectivity index (χ3v) is 12.2. The molecule has 6 nitrogen and oxygen atoms in total. The van der Waals surface area contributed by atoms with Crippen LogP contribution >= 0.6 is 0 Å². The predicted molar refractivity (Wildman–Crippen MR) is 269 cm³/mol. The Labute approximate surface area is 381 Å². The van der Waals surface area contributed by atoms with Gasteiger partial charge in [-0.3, -0.25) is 4.98 Å². The van der Waals surface area contributed by atoms with Crippen molar-refractivity contribution in [3.63, 3.8) is 0 Å². The first-order valence-corrected chi connectivity index (χ1v) is 22.0. The number of hydrogen-bond donors (Lipinski definition) is 0. The van der Waals surface area contributed by atoms with E-state index in [2.05, 4.69) is 175 Å². The minimum Gasteiger partial charge on any atom is -0.264 e. The zero-order valence-electron chi connectivity index (χ0n) is 35.6. The standard InChI is InChI=1S/C60H38N6/c1-4-14-39(15-5-1)53-37-55(63-57-52(53)30-28-41-29-31-54(62-56(41)57)40-16-6-2-7-17-40)46-23-10-20-43(34-46)44-21-11-24-47(35-44)59-64-58(42-18-8-3-9-19-42)65-60(66-59)48-25-12-22-45(36-48)50-27-13-26-49-38-61-33-32-51(49)50/h1-38H. The SMILES string of the molecule is c1ccc(-c2ccc3ccc4c(-c5ccccc5)cc(-c5cccc(-c6cccc(-c7nc(-c8ccccc8)nc(-c8cccc(-c9cccc%10cnccc9%10)c8)n7)c6)c5)nc4c3n2)cc1. The lowest BCUT2D eigenvalue weighted by atomic mass is 9.95. The van der Waals surface area contributed by atoms with Gasteiger partial charge >= 0.3 is 0 Å². The average Bonchev–Trinajstić information content (AvgIpc) is 3.41. The van der Waals surface area contributed by atoms with E-state index in [9.17, 15) is 0 Å². The zero-order valence-corrected chi connectivity index (χ0v) is 35.6. The highest BCUT2D eigenvalue weighted by Gasteiger charge is 2.17. The molecule has 66 heavy (non-hydrogen) atoms. The maximum Gasteiger partial charge on any atom is 0.164 e. The molecule has 0 spiro atoms. The molecule has 0 amide bonds. The molecule has 0 N–H and O–H groups in total. The zero-order chi connectivity index (χ0) is 43.8. The van der Waals surface area contributed by atoms with Crippen LogP contribution in [0.2, 0.25) is 0 Å². The number of hydrogen-bond acceptors (Lipinski definition) is 6. The van der Waals surface area contributed by atoms with Crippen molar-refractivity contribution in [2.24, 2.45) is 0 Å². The molecule has 0 unspecified atom stereocenters. The highest BCUT2D eigenvalue weighted by Crippen LogP contribution is 2.38. The van der Waals surface area contributed by atoms with Gasteiger partial charge < -0.3 is 0 Å². The highest BCUT2D eigenvalue weighted by atomic mass is 15.0. The minimum atomic E-state index is 0.594. The van der Waals surface area contributed by atoms with Crippen LogP contribution in [0.1, 0.15) is 0 Å². The molecule has 8 aromatic carbocycles. The normalized spacial score (nSPS) is 11.3. The molecule has 0 bridgehead atoms. The predicted octanol–water partition coefficient (Wildman–Crippen LogP) is 14.9. The highest BCUT2D eigenvalue weighted by molar-refractivity contribution is 6.09. The summed E-state index contributed by atoms with van der Waals surface area (Å²) in [6.45, 7) is 0. The molecule has 4 heterocycles. The van der Waals surface area contributed by atoms with Crippen LogP contribution in [0.5, 0.6) is 0 Å². The van der Waals surface area contributed by atoms with E-state index in [4.69, 9.17) is 24.9 Å². The summed E-state index contributed by atoms with van der Waals surface area (Å²) in [7, 11) is 0. The Bertz CT molecular complexity index is 3760. The molecule has 12 aromatic rings. The van der Waals surface area contributed by atoms with Gasteiger partial charge in [-0.2, -0.15) is 0 Å². The molecule has 0 saturated heterocycles. The first-order valence-electron chi connectivity index (χ1n) is 22.0. The number of fused-ring (bicyclic) bond motifs is 4. The molecular formula is C60H38N6. The molecule has 0 aliphatic carbocycles. The minimum absolute atomic E-state index is 0.594.